The van der Waals surface area contributed by atoms with Gasteiger partial charge in [-0.1, -0.05) is 6.42 Å². The van der Waals surface area contributed by atoms with Crippen molar-refractivity contribution in [2.75, 3.05) is 25.1 Å². The minimum absolute atomic E-state index is 0.0569. The number of carbonyl (C=O) groups excluding carboxylic acids is 2. The summed E-state index contributed by atoms with van der Waals surface area (Å²) in [5, 5.41) is 8.92. The molecular formula is C27H37BF2N4O6. The number of amides is 1. The first-order chi connectivity index (χ1) is 18.8. The lowest BCUT2D eigenvalue weighted by atomic mass is 10.1. The molecule has 218 valence electrons. The number of pyridine rings is 1. The Morgan fingerprint density at radius 1 is 1.23 bits per heavy atom. The van der Waals surface area contributed by atoms with Gasteiger partial charge in [0.25, 0.3) is 0 Å². The Hall–Kier alpha value is -3.82. The number of carbonyl (C=O) groups is 2. The Balaban J connectivity index is 0.000000611. The van der Waals surface area contributed by atoms with Crippen LogP contribution in [0.1, 0.15) is 82.6 Å². The maximum atomic E-state index is 13.0. The molecular weight excluding hydrogens is 525 g/mol. The number of hydrogen-bond donors (Lipinski definition) is 1. The van der Waals surface area contributed by atoms with Crippen molar-refractivity contribution in [2.45, 2.75) is 77.9 Å². The highest BCUT2D eigenvalue weighted by molar-refractivity contribution is 6.38. The van der Waals surface area contributed by atoms with Gasteiger partial charge in [-0.05, 0) is 65.5 Å². The highest BCUT2D eigenvalue weighted by Crippen LogP contribution is 2.42. The second-order valence-electron chi connectivity index (χ2n) is 10.3. The largest absolute Gasteiger partial charge is 0.798 e. The van der Waals surface area contributed by atoms with Crippen LogP contribution in [-0.2, 0) is 9.39 Å². The molecule has 1 fully saturated rings. The summed E-state index contributed by atoms with van der Waals surface area (Å²) in [6.07, 6.45) is 5.52. The minimum Gasteiger partial charge on any atom is -0.492 e. The highest BCUT2D eigenvalue weighted by Gasteiger charge is 2.31. The smallest absolute Gasteiger partial charge is 0.492 e. The van der Waals surface area contributed by atoms with E-state index in [2.05, 4.69) is 20.4 Å². The Bertz CT molecular complexity index is 1280. The van der Waals surface area contributed by atoms with Crippen LogP contribution >= 0.6 is 0 Å². The van der Waals surface area contributed by atoms with E-state index < -0.39 is 36.1 Å². The number of anilines is 1. The van der Waals surface area contributed by atoms with Gasteiger partial charge in [0.2, 0.25) is 5.43 Å². The van der Waals surface area contributed by atoms with Crippen molar-refractivity contribution in [1.82, 2.24) is 4.57 Å². The number of halogens is 2. The Labute approximate surface area is 233 Å². The second-order valence-corrected chi connectivity index (χ2v) is 10.3. The van der Waals surface area contributed by atoms with E-state index >= 15 is 0 Å². The van der Waals surface area contributed by atoms with Gasteiger partial charge in [0.15, 0.2) is 5.75 Å². The van der Waals surface area contributed by atoms with Crippen LogP contribution in [0.3, 0.4) is 0 Å². The lowest BCUT2D eigenvalue weighted by Crippen LogP contribution is -2.27. The lowest BCUT2D eigenvalue weighted by molar-refractivity contribution is 0.0598. The second kappa shape index (κ2) is 14.5. The van der Waals surface area contributed by atoms with E-state index in [1.165, 1.54) is 13.3 Å². The first-order valence-electron chi connectivity index (χ1n) is 13.2. The molecule has 1 aromatic carbocycles. The summed E-state index contributed by atoms with van der Waals surface area (Å²) in [6, 6.07) is 5.59. The van der Waals surface area contributed by atoms with Crippen LogP contribution in [0, 0.1) is 11.3 Å². The summed E-state index contributed by atoms with van der Waals surface area (Å²) in [6.45, 7) is 8.78. The van der Waals surface area contributed by atoms with Crippen LogP contribution in [0.4, 0.5) is 19.1 Å². The number of nitrogens with zero attached hydrogens (tertiary/aromatic N) is 3. The van der Waals surface area contributed by atoms with Gasteiger partial charge < -0.3 is 29.3 Å². The number of fused-ring (bicyclic) bond motifs is 1. The molecule has 1 amide bonds. The number of methoxy groups -OCH3 is 1. The average molecular weight is 562 g/mol. The van der Waals surface area contributed by atoms with Gasteiger partial charge in [-0.2, -0.15) is 5.26 Å². The van der Waals surface area contributed by atoms with Crippen LogP contribution in [0.2, 0.25) is 0 Å². The molecule has 40 heavy (non-hydrogen) atoms. The van der Waals surface area contributed by atoms with Crippen molar-refractivity contribution in [3.63, 3.8) is 0 Å². The molecule has 0 radical (unpaired) electrons. The van der Waals surface area contributed by atoms with Gasteiger partial charge in [-0.25, -0.2) is 18.2 Å². The van der Waals surface area contributed by atoms with E-state index in [1.807, 2.05) is 6.92 Å². The topological polar surface area (TPSA) is 137 Å². The molecule has 0 bridgehead atoms. The molecule has 1 aromatic heterocycles. The fourth-order valence-corrected chi connectivity index (χ4v) is 4.22. The number of unbranched alkanes of at least 4 members (excludes halogenated alkanes) is 3. The molecule has 10 nitrogen and oxygen atoms in total. The number of rotatable bonds is 11. The van der Waals surface area contributed by atoms with Crippen molar-refractivity contribution in [3.05, 3.63) is 34.1 Å². The summed E-state index contributed by atoms with van der Waals surface area (Å²) < 4.78 is 41.2. The third-order valence-electron chi connectivity index (χ3n) is 6.03. The molecule has 1 aliphatic carbocycles. The molecule has 0 saturated heterocycles. The van der Waals surface area contributed by atoms with Crippen LogP contribution in [0.25, 0.3) is 10.9 Å². The summed E-state index contributed by atoms with van der Waals surface area (Å²) in [4.78, 5) is 37.3. The maximum absolute atomic E-state index is 13.0. The van der Waals surface area contributed by atoms with Crippen molar-refractivity contribution < 1.29 is 32.3 Å². The third kappa shape index (κ3) is 9.14. The van der Waals surface area contributed by atoms with Crippen molar-refractivity contribution in [3.8, 4) is 11.8 Å². The van der Waals surface area contributed by atoms with E-state index in [0.717, 1.165) is 44.3 Å². The Morgan fingerprint density at radius 3 is 2.38 bits per heavy atom. The fourth-order valence-electron chi connectivity index (χ4n) is 4.22. The van der Waals surface area contributed by atoms with Crippen LogP contribution < -0.4 is 20.8 Å². The van der Waals surface area contributed by atoms with E-state index in [1.54, 1.807) is 37.5 Å². The molecule has 0 unspecified atom stereocenters. The molecule has 1 heterocycles. The third-order valence-corrected chi connectivity index (χ3v) is 6.03. The number of aromatic nitrogens is 1. The lowest BCUT2D eigenvalue weighted by Gasteiger charge is -2.27. The Morgan fingerprint density at radius 2 is 1.90 bits per heavy atom. The van der Waals surface area contributed by atoms with Gasteiger partial charge in [-0.3, -0.25) is 4.79 Å². The standard InChI is InChI=1S/C22H26BF2N3O4.C5H11NO2/c1-3-27(13-7-5-4-6-12-26)18-11-10-16-19(21(18)31-2)28(15-8-9-15)14-17(20(16)29)22(30)32-23(24)25;1-5(2,3)8-4(6)7/h10-11,14-15H,3-9,13H2,1-2H3;1-3H3,(H2,6,7). The van der Waals surface area contributed by atoms with Crippen molar-refractivity contribution in [1.29, 1.82) is 5.26 Å². The predicted molar refractivity (Wildman–Crippen MR) is 149 cm³/mol. The zero-order valence-electron chi connectivity index (χ0n) is 23.7. The van der Waals surface area contributed by atoms with Gasteiger partial charge in [0, 0.05) is 31.7 Å². The molecule has 2 aromatic rings. The van der Waals surface area contributed by atoms with E-state index in [-0.39, 0.29) is 11.4 Å². The molecule has 0 aliphatic heterocycles. The first kappa shape index (κ1) is 32.4. The highest BCUT2D eigenvalue weighted by atomic mass is 19.2. The van der Waals surface area contributed by atoms with E-state index in [9.17, 15) is 23.0 Å². The van der Waals surface area contributed by atoms with Gasteiger partial charge in [-0.15, -0.1) is 0 Å². The Kier molecular flexibility index (Phi) is 11.8. The molecule has 2 N–H and O–H groups in total. The maximum Gasteiger partial charge on any atom is 0.798 e. The van der Waals surface area contributed by atoms with Crippen molar-refractivity contribution >= 4 is 36.1 Å². The number of nitrogens with two attached hydrogens (primary N) is 1. The molecule has 13 heteroatoms. The number of primary amides is 1. The zero-order valence-corrected chi connectivity index (χ0v) is 23.7. The summed E-state index contributed by atoms with van der Waals surface area (Å²) >= 11 is 0. The normalized spacial score (nSPS) is 12.6. The van der Waals surface area contributed by atoms with Crippen LogP contribution in [0.15, 0.2) is 23.1 Å². The number of hydrogen-bond acceptors (Lipinski definition) is 8. The molecule has 1 aliphatic rings. The number of nitriles is 1. The first-order valence-corrected chi connectivity index (χ1v) is 13.2. The van der Waals surface area contributed by atoms with E-state index in [0.29, 0.717) is 24.2 Å². The SMILES string of the molecule is CC(C)(C)OC(N)=O.CCN(CCCCCC#N)c1ccc2c(=O)c(C(=O)OB(F)F)cn(C3CC3)c2c1OC. The molecule has 0 atom stereocenters. The summed E-state index contributed by atoms with van der Waals surface area (Å²) in [5.74, 6) is -0.823. The zero-order chi connectivity index (χ0) is 30.0. The molecule has 3 rings (SSSR count). The quantitative estimate of drug-likeness (QED) is 0.291. The minimum atomic E-state index is -3.30. The van der Waals surface area contributed by atoms with Crippen molar-refractivity contribution in [2.24, 2.45) is 5.73 Å². The predicted octanol–water partition coefficient (Wildman–Crippen LogP) is 5.22. The van der Waals surface area contributed by atoms with Crippen LogP contribution in [0.5, 0.6) is 5.75 Å². The monoisotopic (exact) mass is 562 g/mol. The van der Waals surface area contributed by atoms with Gasteiger partial charge >= 0.3 is 19.5 Å². The number of ether oxygens (including phenoxy) is 2. The molecule has 1 saturated carbocycles. The average Bonchev–Trinajstić information content (AvgIpc) is 3.70. The molecule has 0 spiro atoms. The number of benzene rings is 1. The van der Waals surface area contributed by atoms with Gasteiger partial charge in [0.1, 0.15) is 11.2 Å². The summed E-state index contributed by atoms with van der Waals surface area (Å²) in [5.41, 5.74) is 4.56. The van der Waals surface area contributed by atoms with E-state index in [4.69, 9.17) is 15.7 Å². The fraction of sp³-hybridized carbons (Fsp3) is 0.556. The van der Waals surface area contributed by atoms with Gasteiger partial charge in [0.05, 0.1) is 29.8 Å². The summed E-state index contributed by atoms with van der Waals surface area (Å²) in [7, 11) is -1.77. The van der Waals surface area contributed by atoms with Crippen LogP contribution in [-0.4, -0.2) is 49.9 Å².